The van der Waals surface area contributed by atoms with E-state index >= 15 is 0 Å². The van der Waals surface area contributed by atoms with Gasteiger partial charge >= 0.3 is 0 Å². The minimum absolute atomic E-state index is 0.215. The molecule has 0 unspecified atom stereocenters. The lowest BCUT2D eigenvalue weighted by atomic mass is 10.2. The van der Waals surface area contributed by atoms with Crippen LogP contribution in [-0.4, -0.2) is 22.3 Å². The number of amides is 1. The maximum atomic E-state index is 11.7. The fourth-order valence-electron chi connectivity index (χ4n) is 1.45. The Hall–Kier alpha value is -2.53. The molecule has 0 aliphatic carbocycles. The number of carbonyl (C=O) groups excluding carboxylic acids is 1. The number of rotatable bonds is 3. The zero-order valence-electron chi connectivity index (χ0n) is 10.2. The Balaban J connectivity index is 2.00. The fourth-order valence-corrected chi connectivity index (χ4v) is 1.58. The Morgan fingerprint density at radius 3 is 2.45 bits per heavy atom. The average Bonchev–Trinajstić information content (AvgIpc) is 2.43. The minimum atomic E-state index is -0.374. The van der Waals surface area contributed by atoms with Gasteiger partial charge < -0.3 is 10.2 Å². The fraction of sp³-hybridized carbons (Fsp3) is 0. The van der Waals surface area contributed by atoms with E-state index in [2.05, 4.69) is 10.5 Å². The highest BCUT2D eigenvalue weighted by atomic mass is 35.5. The third kappa shape index (κ3) is 3.49. The lowest BCUT2D eigenvalue weighted by Gasteiger charge is -2.00. The number of halogens is 1. The molecule has 5 nitrogen and oxygen atoms in total. The first kappa shape index (κ1) is 13.9. The number of nitrogens with zero attached hydrogens (tertiary/aromatic N) is 1. The monoisotopic (exact) mass is 290 g/mol. The highest BCUT2D eigenvalue weighted by molar-refractivity contribution is 6.30. The van der Waals surface area contributed by atoms with E-state index in [1.165, 1.54) is 18.3 Å². The number of nitrogens with one attached hydrogen (secondary N) is 1. The van der Waals surface area contributed by atoms with Crippen molar-refractivity contribution in [1.82, 2.24) is 5.43 Å². The van der Waals surface area contributed by atoms with E-state index in [9.17, 15) is 9.90 Å². The van der Waals surface area contributed by atoms with E-state index in [0.717, 1.165) is 0 Å². The van der Waals surface area contributed by atoms with Crippen molar-refractivity contribution < 1.29 is 15.0 Å². The van der Waals surface area contributed by atoms with E-state index in [1.54, 1.807) is 30.3 Å². The van der Waals surface area contributed by atoms with Crippen LogP contribution in [0.5, 0.6) is 11.5 Å². The highest BCUT2D eigenvalue weighted by Gasteiger charge is 2.03. The predicted molar refractivity (Wildman–Crippen MR) is 76.3 cm³/mol. The molecule has 0 atom stereocenters. The maximum absolute atomic E-state index is 11.7. The molecule has 20 heavy (non-hydrogen) atoms. The number of hydrazone groups is 1. The summed E-state index contributed by atoms with van der Waals surface area (Å²) in [4.78, 5) is 11.7. The second-order valence-electron chi connectivity index (χ2n) is 3.95. The summed E-state index contributed by atoms with van der Waals surface area (Å²) in [6.45, 7) is 0. The second kappa shape index (κ2) is 6.08. The lowest BCUT2D eigenvalue weighted by molar-refractivity contribution is 0.0955. The average molecular weight is 291 g/mol. The number of phenols is 2. The van der Waals surface area contributed by atoms with Gasteiger partial charge in [0.05, 0.1) is 6.21 Å². The molecule has 0 saturated heterocycles. The molecule has 1 amide bonds. The number of benzene rings is 2. The van der Waals surface area contributed by atoms with Gasteiger partial charge in [0.1, 0.15) is 0 Å². The molecule has 0 aliphatic rings. The molecule has 0 radical (unpaired) electrons. The summed E-state index contributed by atoms with van der Waals surface area (Å²) < 4.78 is 0. The van der Waals surface area contributed by atoms with Gasteiger partial charge in [-0.25, -0.2) is 5.43 Å². The molecule has 0 aliphatic heterocycles. The van der Waals surface area contributed by atoms with Gasteiger partial charge in [-0.2, -0.15) is 5.10 Å². The predicted octanol–water partition coefficient (Wildman–Crippen LogP) is 2.52. The van der Waals surface area contributed by atoms with Gasteiger partial charge in [-0.15, -0.1) is 0 Å². The molecule has 3 N–H and O–H groups in total. The molecular formula is C14H11ClN2O3. The standard InChI is InChI=1S/C14H11ClN2O3/c15-11-4-2-10(3-5-11)14(20)17-16-8-9-1-6-12(18)13(19)7-9/h1-8,18-19H,(H,17,20). The van der Waals surface area contributed by atoms with Crippen molar-refractivity contribution >= 4 is 23.7 Å². The third-order valence-corrected chi connectivity index (χ3v) is 2.74. The van der Waals surface area contributed by atoms with E-state index in [-0.39, 0.29) is 17.4 Å². The van der Waals surface area contributed by atoms with Crippen molar-refractivity contribution in [3.63, 3.8) is 0 Å². The van der Waals surface area contributed by atoms with Crippen molar-refractivity contribution in [3.8, 4) is 11.5 Å². The van der Waals surface area contributed by atoms with Crippen LogP contribution in [0.15, 0.2) is 47.6 Å². The van der Waals surface area contributed by atoms with Crippen LogP contribution in [-0.2, 0) is 0 Å². The van der Waals surface area contributed by atoms with Gasteiger partial charge in [0, 0.05) is 10.6 Å². The maximum Gasteiger partial charge on any atom is 0.271 e. The Morgan fingerprint density at radius 2 is 1.80 bits per heavy atom. The van der Waals surface area contributed by atoms with Crippen LogP contribution in [0.2, 0.25) is 5.02 Å². The molecule has 102 valence electrons. The largest absolute Gasteiger partial charge is 0.504 e. The summed E-state index contributed by atoms with van der Waals surface area (Å²) in [6, 6.07) is 10.6. The molecule has 2 rings (SSSR count). The van der Waals surface area contributed by atoms with Gasteiger partial charge in [-0.05, 0) is 48.0 Å². The number of hydrogen-bond acceptors (Lipinski definition) is 4. The van der Waals surface area contributed by atoms with Crippen molar-refractivity contribution in [1.29, 1.82) is 0 Å². The summed E-state index contributed by atoms with van der Waals surface area (Å²) in [6.07, 6.45) is 1.35. The van der Waals surface area contributed by atoms with E-state index in [1.807, 2.05) is 0 Å². The molecule has 0 spiro atoms. The van der Waals surface area contributed by atoms with Crippen LogP contribution in [0, 0.1) is 0 Å². The number of aromatic hydroxyl groups is 2. The highest BCUT2D eigenvalue weighted by Crippen LogP contribution is 2.23. The van der Waals surface area contributed by atoms with Gasteiger partial charge in [0.2, 0.25) is 0 Å². The Bertz CT molecular complexity index is 654. The van der Waals surface area contributed by atoms with Crippen molar-refractivity contribution in [3.05, 3.63) is 58.6 Å². The van der Waals surface area contributed by atoms with E-state index in [0.29, 0.717) is 16.1 Å². The van der Waals surface area contributed by atoms with Crippen LogP contribution >= 0.6 is 11.6 Å². The van der Waals surface area contributed by atoms with Crippen LogP contribution < -0.4 is 5.43 Å². The van der Waals surface area contributed by atoms with Crippen LogP contribution in [0.1, 0.15) is 15.9 Å². The van der Waals surface area contributed by atoms with Gasteiger partial charge in [0.15, 0.2) is 11.5 Å². The van der Waals surface area contributed by atoms with Gasteiger partial charge in [-0.3, -0.25) is 4.79 Å². The number of carbonyl (C=O) groups is 1. The molecule has 0 fully saturated rings. The second-order valence-corrected chi connectivity index (χ2v) is 4.39. The number of hydrogen-bond donors (Lipinski definition) is 3. The minimum Gasteiger partial charge on any atom is -0.504 e. The van der Waals surface area contributed by atoms with Crippen LogP contribution in [0.4, 0.5) is 0 Å². The molecule has 0 heterocycles. The quantitative estimate of drug-likeness (QED) is 0.461. The topological polar surface area (TPSA) is 81.9 Å². The molecule has 0 bridgehead atoms. The first-order valence-corrected chi connectivity index (χ1v) is 6.05. The van der Waals surface area contributed by atoms with Crippen LogP contribution in [0.3, 0.4) is 0 Å². The first-order valence-electron chi connectivity index (χ1n) is 5.67. The first-order chi connectivity index (χ1) is 9.56. The molecule has 2 aromatic rings. The number of phenolic OH excluding ortho intramolecular Hbond substituents is 2. The van der Waals surface area contributed by atoms with Crippen molar-refractivity contribution in [2.75, 3.05) is 0 Å². The summed E-state index contributed by atoms with van der Waals surface area (Å²) in [7, 11) is 0. The zero-order valence-corrected chi connectivity index (χ0v) is 11.0. The van der Waals surface area contributed by atoms with E-state index < -0.39 is 0 Å². The Labute approximate surface area is 120 Å². The van der Waals surface area contributed by atoms with Crippen molar-refractivity contribution in [2.24, 2.45) is 5.10 Å². The molecule has 2 aromatic carbocycles. The van der Waals surface area contributed by atoms with Crippen LogP contribution in [0.25, 0.3) is 0 Å². The normalized spacial score (nSPS) is 10.7. The van der Waals surface area contributed by atoms with E-state index in [4.69, 9.17) is 16.7 Å². The van der Waals surface area contributed by atoms with Gasteiger partial charge in [-0.1, -0.05) is 11.6 Å². The van der Waals surface area contributed by atoms with Gasteiger partial charge in [0.25, 0.3) is 5.91 Å². The molecule has 0 aromatic heterocycles. The summed E-state index contributed by atoms with van der Waals surface area (Å²) >= 11 is 5.72. The Kier molecular flexibility index (Phi) is 4.22. The van der Waals surface area contributed by atoms with Crippen molar-refractivity contribution in [2.45, 2.75) is 0 Å². The molecule has 0 saturated carbocycles. The smallest absolute Gasteiger partial charge is 0.271 e. The Morgan fingerprint density at radius 1 is 1.10 bits per heavy atom. The summed E-state index contributed by atoms with van der Waals surface area (Å²) in [5.41, 5.74) is 3.31. The zero-order chi connectivity index (χ0) is 14.5. The summed E-state index contributed by atoms with van der Waals surface area (Å²) in [5, 5.41) is 22.8. The summed E-state index contributed by atoms with van der Waals surface area (Å²) in [5.74, 6) is -0.841. The third-order valence-electron chi connectivity index (χ3n) is 2.49. The molecule has 6 heteroatoms. The molecular weight excluding hydrogens is 280 g/mol. The lowest BCUT2D eigenvalue weighted by Crippen LogP contribution is -2.17. The SMILES string of the molecule is O=C(NN=Cc1ccc(O)c(O)c1)c1ccc(Cl)cc1.